The number of hydrogen-bond acceptors (Lipinski definition) is 1. The molecule has 1 fully saturated rings. The van der Waals surface area contributed by atoms with Gasteiger partial charge in [0.25, 0.3) is 0 Å². The third kappa shape index (κ3) is 1.54. The first kappa shape index (κ1) is 9.36. The molecule has 1 atom stereocenters. The minimum Gasteiger partial charge on any atom is -0.323 e. The van der Waals surface area contributed by atoms with Crippen molar-refractivity contribution in [1.82, 2.24) is 9.80 Å². The lowest BCUT2D eigenvalue weighted by molar-refractivity contribution is 0.190. The SMILES string of the molecule is CCCN1CC(C)N(CC)C1=O. The van der Waals surface area contributed by atoms with Crippen LogP contribution in [-0.2, 0) is 0 Å². The van der Waals surface area contributed by atoms with Gasteiger partial charge in [-0.1, -0.05) is 6.92 Å². The molecule has 1 saturated heterocycles. The van der Waals surface area contributed by atoms with Crippen LogP contribution in [0.3, 0.4) is 0 Å². The number of urea groups is 1. The molecule has 3 heteroatoms. The second kappa shape index (κ2) is 3.78. The van der Waals surface area contributed by atoms with Crippen LogP contribution in [0.2, 0.25) is 0 Å². The van der Waals surface area contributed by atoms with E-state index >= 15 is 0 Å². The molecule has 0 N–H and O–H groups in total. The summed E-state index contributed by atoms with van der Waals surface area (Å²) >= 11 is 0. The number of carbonyl (C=O) groups is 1. The van der Waals surface area contributed by atoms with Crippen LogP contribution in [0.4, 0.5) is 4.79 Å². The number of hydrogen-bond donors (Lipinski definition) is 0. The molecule has 0 saturated carbocycles. The van der Waals surface area contributed by atoms with Crippen molar-refractivity contribution in [3.05, 3.63) is 0 Å². The van der Waals surface area contributed by atoms with Crippen molar-refractivity contribution in [3.8, 4) is 0 Å². The van der Waals surface area contributed by atoms with Gasteiger partial charge in [-0.3, -0.25) is 0 Å². The molecule has 0 aromatic heterocycles. The van der Waals surface area contributed by atoms with E-state index in [1.54, 1.807) is 0 Å². The molecule has 2 amide bonds. The van der Waals surface area contributed by atoms with Crippen LogP contribution in [0, 0.1) is 0 Å². The summed E-state index contributed by atoms with van der Waals surface area (Å²) < 4.78 is 0. The lowest BCUT2D eigenvalue weighted by Crippen LogP contribution is -2.33. The summed E-state index contributed by atoms with van der Waals surface area (Å²) in [6, 6.07) is 0.612. The van der Waals surface area contributed by atoms with Gasteiger partial charge in [-0.15, -0.1) is 0 Å². The Kier molecular flexibility index (Phi) is 2.95. The first-order chi connectivity index (χ1) is 5.70. The van der Waals surface area contributed by atoms with Gasteiger partial charge in [-0.25, -0.2) is 4.79 Å². The van der Waals surface area contributed by atoms with Gasteiger partial charge in [-0.2, -0.15) is 0 Å². The van der Waals surface area contributed by atoms with E-state index in [4.69, 9.17) is 0 Å². The van der Waals surface area contributed by atoms with Gasteiger partial charge in [0.05, 0.1) is 0 Å². The van der Waals surface area contributed by atoms with Gasteiger partial charge < -0.3 is 9.80 Å². The molecule has 1 rings (SSSR count). The van der Waals surface area contributed by atoms with Gasteiger partial charge in [0.2, 0.25) is 0 Å². The molecule has 1 aliphatic rings. The van der Waals surface area contributed by atoms with Crippen LogP contribution in [0.5, 0.6) is 0 Å². The monoisotopic (exact) mass is 170 g/mol. The molecule has 0 radical (unpaired) electrons. The van der Waals surface area contributed by atoms with Crippen molar-refractivity contribution in [2.45, 2.75) is 33.2 Å². The standard InChI is InChI=1S/C9H18N2O/c1-4-6-10-7-8(3)11(5-2)9(10)12/h8H,4-7H2,1-3H3. The molecule has 1 aliphatic heterocycles. The number of rotatable bonds is 3. The molecular formula is C9H18N2O. The summed E-state index contributed by atoms with van der Waals surface area (Å²) in [4.78, 5) is 15.5. The van der Waals surface area contributed by atoms with Crippen LogP contribution in [0.15, 0.2) is 0 Å². The van der Waals surface area contributed by atoms with E-state index in [9.17, 15) is 4.79 Å². The molecular weight excluding hydrogens is 152 g/mol. The minimum atomic E-state index is 0.215. The third-order valence-corrected chi connectivity index (χ3v) is 2.37. The van der Waals surface area contributed by atoms with Crippen LogP contribution in [0.1, 0.15) is 27.2 Å². The van der Waals surface area contributed by atoms with Crippen molar-refractivity contribution in [2.75, 3.05) is 19.6 Å². The summed E-state index contributed by atoms with van der Waals surface area (Å²) in [7, 11) is 0. The van der Waals surface area contributed by atoms with Crippen LogP contribution in [-0.4, -0.2) is 41.5 Å². The molecule has 1 unspecified atom stereocenters. The second-order valence-corrected chi connectivity index (χ2v) is 3.36. The van der Waals surface area contributed by atoms with E-state index in [0.29, 0.717) is 6.04 Å². The molecule has 12 heavy (non-hydrogen) atoms. The zero-order valence-corrected chi connectivity index (χ0v) is 8.21. The molecule has 0 aromatic rings. The molecule has 0 aromatic carbocycles. The maximum atomic E-state index is 11.6. The Bertz CT molecular complexity index is 170. The highest BCUT2D eigenvalue weighted by molar-refractivity contribution is 5.77. The first-order valence-electron chi connectivity index (χ1n) is 4.76. The van der Waals surface area contributed by atoms with Gasteiger partial charge >= 0.3 is 6.03 Å². The maximum Gasteiger partial charge on any atom is 0.320 e. The van der Waals surface area contributed by atoms with Gasteiger partial charge in [0.15, 0.2) is 0 Å². The summed E-state index contributed by atoms with van der Waals surface area (Å²) in [6.45, 7) is 8.88. The van der Waals surface area contributed by atoms with Gasteiger partial charge in [0, 0.05) is 25.7 Å². The summed E-state index contributed by atoms with van der Waals surface area (Å²) in [6.07, 6.45) is 1.05. The van der Waals surface area contributed by atoms with Crippen molar-refractivity contribution < 1.29 is 4.79 Å². The maximum absolute atomic E-state index is 11.6. The van der Waals surface area contributed by atoms with E-state index in [2.05, 4.69) is 13.8 Å². The Morgan fingerprint density at radius 1 is 1.50 bits per heavy atom. The summed E-state index contributed by atoms with van der Waals surface area (Å²) in [5.74, 6) is 0. The molecule has 3 nitrogen and oxygen atoms in total. The molecule has 1 heterocycles. The third-order valence-electron chi connectivity index (χ3n) is 2.37. The van der Waals surface area contributed by atoms with Crippen molar-refractivity contribution in [1.29, 1.82) is 0 Å². The highest BCUT2D eigenvalue weighted by Crippen LogP contribution is 2.14. The van der Waals surface area contributed by atoms with E-state index in [0.717, 1.165) is 26.1 Å². The highest BCUT2D eigenvalue weighted by atomic mass is 16.2. The van der Waals surface area contributed by atoms with Gasteiger partial charge in [-0.05, 0) is 20.3 Å². The fourth-order valence-corrected chi connectivity index (χ4v) is 1.77. The van der Waals surface area contributed by atoms with Crippen molar-refractivity contribution in [3.63, 3.8) is 0 Å². The van der Waals surface area contributed by atoms with Crippen molar-refractivity contribution >= 4 is 6.03 Å². The van der Waals surface area contributed by atoms with Crippen LogP contribution >= 0.6 is 0 Å². The Hall–Kier alpha value is -0.730. The Labute approximate surface area is 74.3 Å². The Morgan fingerprint density at radius 3 is 2.58 bits per heavy atom. The Morgan fingerprint density at radius 2 is 2.17 bits per heavy atom. The van der Waals surface area contributed by atoms with Crippen LogP contribution in [0.25, 0.3) is 0 Å². The number of amides is 2. The largest absolute Gasteiger partial charge is 0.323 e. The zero-order valence-electron chi connectivity index (χ0n) is 8.21. The number of nitrogens with zero attached hydrogens (tertiary/aromatic N) is 2. The molecule has 0 bridgehead atoms. The fourth-order valence-electron chi connectivity index (χ4n) is 1.77. The topological polar surface area (TPSA) is 23.6 Å². The molecule has 0 spiro atoms. The quantitative estimate of drug-likeness (QED) is 0.630. The van der Waals surface area contributed by atoms with Crippen LogP contribution < -0.4 is 0 Å². The van der Waals surface area contributed by atoms with E-state index in [1.165, 1.54) is 0 Å². The molecule has 70 valence electrons. The zero-order chi connectivity index (χ0) is 9.14. The summed E-state index contributed by atoms with van der Waals surface area (Å²) in [5, 5.41) is 0. The normalized spacial score (nSPS) is 23.9. The smallest absolute Gasteiger partial charge is 0.320 e. The van der Waals surface area contributed by atoms with E-state index < -0.39 is 0 Å². The lowest BCUT2D eigenvalue weighted by Gasteiger charge is -2.17. The fraction of sp³-hybridized carbons (Fsp3) is 0.889. The number of carbonyl (C=O) groups excluding carboxylic acids is 1. The highest BCUT2D eigenvalue weighted by Gasteiger charge is 2.32. The van der Waals surface area contributed by atoms with E-state index in [1.807, 2.05) is 16.7 Å². The Balaban J connectivity index is 2.56. The summed E-state index contributed by atoms with van der Waals surface area (Å²) in [5.41, 5.74) is 0. The van der Waals surface area contributed by atoms with Gasteiger partial charge in [0.1, 0.15) is 0 Å². The van der Waals surface area contributed by atoms with Crippen molar-refractivity contribution in [2.24, 2.45) is 0 Å². The number of likely N-dealkylation sites (N-methyl/N-ethyl adjacent to an activating group) is 1. The average Bonchev–Trinajstić information content (AvgIpc) is 2.29. The first-order valence-corrected chi connectivity index (χ1v) is 4.76. The average molecular weight is 170 g/mol. The van der Waals surface area contributed by atoms with E-state index in [-0.39, 0.29) is 6.03 Å². The minimum absolute atomic E-state index is 0.215. The molecule has 0 aliphatic carbocycles. The predicted molar refractivity (Wildman–Crippen MR) is 49.1 cm³/mol. The lowest BCUT2D eigenvalue weighted by atomic mass is 10.3. The predicted octanol–water partition coefficient (Wildman–Crippen LogP) is 1.54. The second-order valence-electron chi connectivity index (χ2n) is 3.36.